The van der Waals surface area contributed by atoms with E-state index in [-0.39, 0.29) is 0 Å². The first-order valence-corrected chi connectivity index (χ1v) is 9.55. The molecule has 3 rings (SSSR count). The fourth-order valence-electron chi connectivity index (χ4n) is 2.43. The van der Waals surface area contributed by atoms with Crippen molar-refractivity contribution in [3.05, 3.63) is 88.8 Å². The molecule has 0 saturated carbocycles. The second-order valence-electron chi connectivity index (χ2n) is 5.16. The third-order valence-electron chi connectivity index (χ3n) is 3.44. The molecule has 24 heavy (non-hydrogen) atoms. The topological polar surface area (TPSA) is 78.4 Å². The molecule has 0 amide bonds. The van der Waals surface area contributed by atoms with Crippen molar-refractivity contribution in [3.8, 4) is 0 Å². The van der Waals surface area contributed by atoms with Gasteiger partial charge in [0.2, 0.25) is 0 Å². The average molecular weight is 363 g/mol. The molecular weight excluding hydrogens is 348 g/mol. The highest BCUT2D eigenvalue weighted by atomic mass is 35.7. The van der Waals surface area contributed by atoms with Gasteiger partial charge in [-0.15, -0.1) is 0 Å². The molecule has 2 aromatic rings. The summed E-state index contributed by atoms with van der Waals surface area (Å²) in [4.78, 5) is 1.35. The van der Waals surface area contributed by atoms with Gasteiger partial charge in [-0.3, -0.25) is 0 Å². The first-order valence-electron chi connectivity index (χ1n) is 7.17. The molecule has 0 N–H and O–H groups in total. The molecule has 0 aliphatic carbocycles. The average Bonchev–Trinajstić information content (AvgIpc) is 2.57. The quantitative estimate of drug-likeness (QED) is 0.768. The Morgan fingerprint density at radius 3 is 1.88 bits per heavy atom. The molecular formula is C18H15ClO4S. The predicted octanol–water partition coefficient (Wildman–Crippen LogP) is 1.31. The Morgan fingerprint density at radius 1 is 0.792 bits per heavy atom. The summed E-state index contributed by atoms with van der Waals surface area (Å²) in [6, 6.07) is 19.1. The minimum Gasteiger partial charge on any atom is -0.182 e. The monoisotopic (exact) mass is 362 g/mol. The predicted molar refractivity (Wildman–Crippen MR) is 87.4 cm³/mol. The van der Waals surface area contributed by atoms with Crippen LogP contribution < -0.4 is 14.0 Å². The van der Waals surface area contributed by atoms with Gasteiger partial charge in [-0.05, 0) is 35.8 Å². The van der Waals surface area contributed by atoms with Crippen LogP contribution in [0.2, 0.25) is 0 Å². The van der Waals surface area contributed by atoms with Gasteiger partial charge in [0, 0.05) is 4.91 Å². The second-order valence-corrected chi connectivity index (χ2v) is 8.04. The van der Waals surface area contributed by atoms with Gasteiger partial charge in [0.05, 0.1) is 15.1 Å². The third-order valence-corrected chi connectivity index (χ3v) is 6.02. The highest BCUT2D eigenvalue weighted by Crippen LogP contribution is 2.39. The van der Waals surface area contributed by atoms with Crippen LogP contribution in [0.15, 0.2) is 77.7 Å². The second kappa shape index (κ2) is 7.03. The summed E-state index contributed by atoms with van der Waals surface area (Å²) in [5.74, 6) is 0. The lowest BCUT2D eigenvalue weighted by Gasteiger charge is -2.20. The molecule has 0 aromatic heterocycles. The van der Waals surface area contributed by atoms with Crippen LogP contribution in [0, 0.1) is 10.2 Å². The molecule has 124 valence electrons. The molecule has 0 fully saturated rings. The first kappa shape index (κ1) is 17.1. The normalized spacial score (nSPS) is 18.2. The summed E-state index contributed by atoms with van der Waals surface area (Å²) in [6.45, 7) is 1.77. The standard InChI is InChI=1S/C18H15ClO4S/c1-14-12-17(15-8-4-2-5-9-15)13-18(16-10-6-3-7-11-16)24(14)23-19(20,21)22/h2-13H,1H3. The summed E-state index contributed by atoms with van der Waals surface area (Å²) >= 11 is 0. The summed E-state index contributed by atoms with van der Waals surface area (Å²) in [5, 5.41) is 0. The third kappa shape index (κ3) is 4.02. The molecule has 0 spiro atoms. The first-order chi connectivity index (χ1) is 11.4. The molecule has 0 radical (unpaired) electrons. The van der Waals surface area contributed by atoms with Crippen molar-refractivity contribution in [1.29, 1.82) is 0 Å². The maximum Gasteiger partial charge on any atom is 0.143 e. The fourth-order valence-corrected chi connectivity index (χ4v) is 4.88. The summed E-state index contributed by atoms with van der Waals surface area (Å²) < 4.78 is 38.1. The van der Waals surface area contributed by atoms with Crippen LogP contribution in [0.3, 0.4) is 0 Å². The van der Waals surface area contributed by atoms with E-state index >= 15 is 0 Å². The summed E-state index contributed by atoms with van der Waals surface area (Å²) in [6.07, 6.45) is 3.73. The van der Waals surface area contributed by atoms with Gasteiger partial charge in [0.1, 0.15) is 14.5 Å². The Morgan fingerprint density at radius 2 is 1.33 bits per heavy atom. The minimum atomic E-state index is -4.52. The molecule has 0 saturated heterocycles. The van der Waals surface area contributed by atoms with Crippen LogP contribution in [-0.2, 0) is 3.74 Å². The van der Waals surface area contributed by atoms with Gasteiger partial charge in [0.25, 0.3) is 0 Å². The number of halogens is 1. The van der Waals surface area contributed by atoms with E-state index in [0.29, 0.717) is 9.77 Å². The molecule has 1 aliphatic heterocycles. The Bertz CT molecular complexity index is 821. The molecule has 1 atom stereocenters. The molecule has 0 bridgehead atoms. The lowest BCUT2D eigenvalue weighted by atomic mass is 10.0. The number of allylic oxidation sites excluding steroid dienone is 4. The Kier molecular flexibility index (Phi) is 5.01. The van der Waals surface area contributed by atoms with Gasteiger partial charge < -0.3 is 0 Å². The van der Waals surface area contributed by atoms with E-state index in [4.69, 9.17) is 3.74 Å². The van der Waals surface area contributed by atoms with Crippen LogP contribution in [0.25, 0.3) is 5.57 Å². The maximum absolute atomic E-state index is 11.1. The van der Waals surface area contributed by atoms with Gasteiger partial charge in [0.15, 0.2) is 0 Å². The molecule has 1 heterocycles. The van der Waals surface area contributed by atoms with Crippen molar-refractivity contribution in [2.45, 2.75) is 6.92 Å². The zero-order valence-corrected chi connectivity index (χ0v) is 14.4. The summed E-state index contributed by atoms with van der Waals surface area (Å²) in [7, 11) is -5.77. The lowest BCUT2D eigenvalue weighted by molar-refractivity contribution is -1.91. The van der Waals surface area contributed by atoms with Crippen LogP contribution in [0.1, 0.15) is 18.1 Å². The van der Waals surface area contributed by atoms with Crippen LogP contribution in [0.4, 0.5) is 0 Å². The minimum absolute atomic E-state index is 0.668. The van der Waals surface area contributed by atoms with E-state index in [1.807, 2.05) is 72.8 Å². The highest BCUT2D eigenvalue weighted by molar-refractivity contribution is 8.15. The van der Waals surface area contributed by atoms with Crippen LogP contribution in [0.5, 0.6) is 0 Å². The van der Waals surface area contributed by atoms with Crippen molar-refractivity contribution in [2.24, 2.45) is 0 Å². The van der Waals surface area contributed by atoms with E-state index in [0.717, 1.165) is 16.7 Å². The van der Waals surface area contributed by atoms with Gasteiger partial charge in [-0.2, -0.15) is 14.0 Å². The van der Waals surface area contributed by atoms with Crippen molar-refractivity contribution in [1.82, 2.24) is 0 Å². The number of hydrogen-bond donors (Lipinski definition) is 0. The SMILES string of the molecule is CC1=CC(c2ccccc2)=CC(c2ccccc2)=S1O[Cl+3]([O-])([O-])[O-]. The Labute approximate surface area is 145 Å². The molecule has 2 aromatic carbocycles. The number of benzene rings is 2. The van der Waals surface area contributed by atoms with E-state index in [1.54, 1.807) is 6.92 Å². The van der Waals surface area contributed by atoms with Gasteiger partial charge >= 0.3 is 0 Å². The summed E-state index contributed by atoms with van der Waals surface area (Å²) in [5.41, 5.74) is 2.77. The number of rotatable bonds is 4. The van der Waals surface area contributed by atoms with E-state index in [9.17, 15) is 14.0 Å². The fraction of sp³-hybridized carbons (Fsp3) is 0.0556. The van der Waals surface area contributed by atoms with Crippen molar-refractivity contribution < 1.29 is 28.0 Å². The van der Waals surface area contributed by atoms with Crippen molar-refractivity contribution >= 4 is 21.2 Å². The lowest BCUT2D eigenvalue weighted by Crippen LogP contribution is -2.60. The molecule has 4 nitrogen and oxygen atoms in total. The molecule has 6 heteroatoms. The zero-order chi connectivity index (χ0) is 17.2. The highest BCUT2D eigenvalue weighted by Gasteiger charge is 2.29. The van der Waals surface area contributed by atoms with Crippen molar-refractivity contribution in [3.63, 3.8) is 0 Å². The van der Waals surface area contributed by atoms with Crippen LogP contribution in [-0.4, -0.2) is 4.86 Å². The van der Waals surface area contributed by atoms with Crippen molar-refractivity contribution in [2.75, 3.05) is 0 Å². The van der Waals surface area contributed by atoms with E-state index < -0.39 is 21.0 Å². The Balaban J connectivity index is 2.16. The molecule has 1 aliphatic rings. The van der Waals surface area contributed by atoms with E-state index in [2.05, 4.69) is 0 Å². The Hall–Kier alpha value is -1.73. The zero-order valence-electron chi connectivity index (χ0n) is 12.8. The number of hydrogen-bond acceptors (Lipinski definition) is 4. The molecule has 1 unspecified atom stereocenters. The maximum atomic E-state index is 11.1. The smallest absolute Gasteiger partial charge is 0.143 e. The van der Waals surface area contributed by atoms with Gasteiger partial charge in [-0.1, -0.05) is 60.7 Å². The van der Waals surface area contributed by atoms with Crippen LogP contribution >= 0.6 is 10.8 Å². The van der Waals surface area contributed by atoms with E-state index in [1.165, 1.54) is 0 Å². The largest absolute Gasteiger partial charge is 0.182 e. The van der Waals surface area contributed by atoms with Gasteiger partial charge in [-0.25, -0.2) is 0 Å².